The Morgan fingerprint density at radius 1 is 1.11 bits per heavy atom. The quantitative estimate of drug-likeness (QED) is 0.638. The van der Waals surface area contributed by atoms with E-state index >= 15 is 0 Å². The van der Waals surface area contributed by atoms with Gasteiger partial charge in [-0.3, -0.25) is 4.79 Å². The van der Waals surface area contributed by atoms with Gasteiger partial charge >= 0.3 is 0 Å². The number of carbonyl (C=O) groups is 1. The van der Waals surface area contributed by atoms with Crippen molar-refractivity contribution >= 4 is 11.5 Å². The van der Waals surface area contributed by atoms with Crippen LogP contribution in [-0.4, -0.2) is 32.6 Å². The summed E-state index contributed by atoms with van der Waals surface area (Å²) in [6.07, 6.45) is 2.71. The summed E-state index contributed by atoms with van der Waals surface area (Å²) < 4.78 is 4.93. The Morgan fingerprint density at radius 2 is 1.68 bits per heavy atom. The first-order valence-electron chi connectivity index (χ1n) is 7.10. The Balaban J connectivity index is 2.70. The van der Waals surface area contributed by atoms with E-state index in [-0.39, 0.29) is 5.78 Å². The molecular formula is C16H25NO2. The predicted molar refractivity (Wildman–Crippen MR) is 80.1 cm³/mol. The second-order valence-electron chi connectivity index (χ2n) is 4.70. The summed E-state index contributed by atoms with van der Waals surface area (Å²) in [4.78, 5) is 14.2. The second kappa shape index (κ2) is 8.70. The highest BCUT2D eigenvalue weighted by Gasteiger charge is 2.08. The third-order valence-corrected chi connectivity index (χ3v) is 3.07. The van der Waals surface area contributed by atoms with Gasteiger partial charge in [0.15, 0.2) is 5.78 Å². The first kappa shape index (κ1) is 15.7. The minimum absolute atomic E-state index is 0.144. The number of nitrogens with zero attached hydrogens (tertiary/aromatic N) is 1. The number of benzene rings is 1. The number of ether oxygens (including phenoxy) is 1. The van der Waals surface area contributed by atoms with E-state index in [0.29, 0.717) is 13.0 Å². The summed E-state index contributed by atoms with van der Waals surface area (Å²) in [5, 5.41) is 0. The van der Waals surface area contributed by atoms with Gasteiger partial charge in [-0.2, -0.15) is 0 Å². The zero-order valence-electron chi connectivity index (χ0n) is 12.3. The monoisotopic (exact) mass is 263 g/mol. The molecule has 1 rings (SSSR count). The van der Waals surface area contributed by atoms with Crippen LogP contribution in [0.3, 0.4) is 0 Å². The lowest BCUT2D eigenvalue weighted by atomic mass is 10.1. The van der Waals surface area contributed by atoms with Gasteiger partial charge in [0, 0.05) is 37.9 Å². The highest BCUT2D eigenvalue weighted by Crippen LogP contribution is 2.17. The lowest BCUT2D eigenvalue weighted by molar-refractivity contribution is 0.0932. The third-order valence-electron chi connectivity index (χ3n) is 3.07. The summed E-state index contributed by atoms with van der Waals surface area (Å²) in [7, 11) is 1.61. The fourth-order valence-electron chi connectivity index (χ4n) is 2.11. The molecule has 0 bridgehead atoms. The topological polar surface area (TPSA) is 29.5 Å². The fraction of sp³-hybridized carbons (Fsp3) is 0.562. The standard InChI is InChI=1S/C16H25NO2/c1-4-11-17(12-5-2)15-8-6-14(7-9-15)16(18)10-13-19-3/h6-9H,4-5,10-13H2,1-3H3. The minimum Gasteiger partial charge on any atom is -0.384 e. The minimum atomic E-state index is 0.144. The Kier molecular flexibility index (Phi) is 7.19. The molecule has 0 aliphatic carbocycles. The zero-order valence-corrected chi connectivity index (χ0v) is 12.3. The molecule has 1 aromatic rings. The molecule has 0 aliphatic rings. The maximum absolute atomic E-state index is 11.8. The SMILES string of the molecule is CCCN(CCC)c1ccc(C(=O)CCOC)cc1. The largest absolute Gasteiger partial charge is 0.384 e. The predicted octanol–water partition coefficient (Wildman–Crippen LogP) is 3.53. The van der Waals surface area contributed by atoms with E-state index in [1.807, 2.05) is 24.3 Å². The van der Waals surface area contributed by atoms with Gasteiger partial charge in [0.2, 0.25) is 0 Å². The Bertz CT molecular complexity index is 367. The Hall–Kier alpha value is -1.35. The molecule has 0 atom stereocenters. The average molecular weight is 263 g/mol. The van der Waals surface area contributed by atoms with E-state index in [4.69, 9.17) is 4.74 Å². The van der Waals surface area contributed by atoms with Crippen LogP contribution in [0.1, 0.15) is 43.5 Å². The molecule has 0 N–H and O–H groups in total. The van der Waals surface area contributed by atoms with Crippen LogP contribution >= 0.6 is 0 Å². The van der Waals surface area contributed by atoms with Gasteiger partial charge in [0.05, 0.1) is 6.61 Å². The first-order chi connectivity index (χ1) is 9.22. The molecule has 0 unspecified atom stereocenters. The van der Waals surface area contributed by atoms with E-state index < -0.39 is 0 Å². The fourth-order valence-corrected chi connectivity index (χ4v) is 2.11. The van der Waals surface area contributed by atoms with Crippen LogP contribution in [-0.2, 0) is 4.74 Å². The number of carbonyl (C=O) groups excluding carboxylic acids is 1. The van der Waals surface area contributed by atoms with Crippen LogP contribution in [0.2, 0.25) is 0 Å². The van der Waals surface area contributed by atoms with E-state index in [9.17, 15) is 4.79 Å². The lowest BCUT2D eigenvalue weighted by Crippen LogP contribution is -2.24. The maximum Gasteiger partial charge on any atom is 0.165 e. The average Bonchev–Trinajstić information content (AvgIpc) is 2.44. The Morgan fingerprint density at radius 3 is 2.16 bits per heavy atom. The molecule has 0 saturated carbocycles. The van der Waals surface area contributed by atoms with E-state index in [0.717, 1.165) is 31.5 Å². The smallest absolute Gasteiger partial charge is 0.165 e. The number of rotatable bonds is 9. The molecule has 0 spiro atoms. The van der Waals surface area contributed by atoms with Crippen LogP contribution in [0.5, 0.6) is 0 Å². The van der Waals surface area contributed by atoms with Crippen molar-refractivity contribution in [2.75, 3.05) is 31.7 Å². The van der Waals surface area contributed by atoms with Crippen molar-refractivity contribution in [1.82, 2.24) is 0 Å². The van der Waals surface area contributed by atoms with Gasteiger partial charge < -0.3 is 9.64 Å². The molecule has 3 nitrogen and oxygen atoms in total. The van der Waals surface area contributed by atoms with E-state index in [1.165, 1.54) is 5.69 Å². The van der Waals surface area contributed by atoms with Gasteiger partial charge in [-0.1, -0.05) is 13.8 Å². The number of anilines is 1. The molecular weight excluding hydrogens is 238 g/mol. The third kappa shape index (κ3) is 5.03. The number of methoxy groups -OCH3 is 1. The summed E-state index contributed by atoms with van der Waals surface area (Å²) in [6, 6.07) is 7.94. The molecule has 0 aliphatic heterocycles. The van der Waals surface area contributed by atoms with E-state index in [2.05, 4.69) is 18.7 Å². The molecule has 19 heavy (non-hydrogen) atoms. The molecule has 0 radical (unpaired) electrons. The van der Waals surface area contributed by atoms with Crippen molar-refractivity contribution < 1.29 is 9.53 Å². The second-order valence-corrected chi connectivity index (χ2v) is 4.70. The molecule has 0 amide bonds. The summed E-state index contributed by atoms with van der Waals surface area (Å²) >= 11 is 0. The van der Waals surface area contributed by atoms with Crippen LogP contribution in [0.25, 0.3) is 0 Å². The van der Waals surface area contributed by atoms with E-state index in [1.54, 1.807) is 7.11 Å². The van der Waals surface area contributed by atoms with Gasteiger partial charge in [-0.15, -0.1) is 0 Å². The maximum atomic E-state index is 11.8. The van der Waals surface area contributed by atoms with Crippen molar-refractivity contribution in [1.29, 1.82) is 0 Å². The molecule has 0 aromatic heterocycles. The normalized spacial score (nSPS) is 10.5. The van der Waals surface area contributed by atoms with Crippen LogP contribution in [0, 0.1) is 0 Å². The number of Topliss-reactive ketones (excluding diaryl/α,β-unsaturated/α-hetero) is 1. The molecule has 0 heterocycles. The van der Waals surface area contributed by atoms with Crippen LogP contribution in [0.4, 0.5) is 5.69 Å². The summed E-state index contributed by atoms with van der Waals surface area (Å²) in [6.45, 7) is 6.98. The highest BCUT2D eigenvalue weighted by molar-refractivity contribution is 5.96. The van der Waals surface area contributed by atoms with Crippen LogP contribution < -0.4 is 4.90 Å². The summed E-state index contributed by atoms with van der Waals surface area (Å²) in [5.41, 5.74) is 1.97. The number of ketones is 1. The molecule has 106 valence electrons. The van der Waals surface area contributed by atoms with Gasteiger partial charge in [-0.05, 0) is 37.1 Å². The first-order valence-corrected chi connectivity index (χ1v) is 7.10. The highest BCUT2D eigenvalue weighted by atomic mass is 16.5. The van der Waals surface area contributed by atoms with Crippen molar-refractivity contribution in [3.63, 3.8) is 0 Å². The van der Waals surface area contributed by atoms with Gasteiger partial charge in [0.1, 0.15) is 0 Å². The Labute approximate surface area is 116 Å². The number of hydrogen-bond acceptors (Lipinski definition) is 3. The van der Waals surface area contributed by atoms with Crippen molar-refractivity contribution in [2.45, 2.75) is 33.1 Å². The van der Waals surface area contributed by atoms with Gasteiger partial charge in [-0.25, -0.2) is 0 Å². The summed E-state index contributed by atoms with van der Waals surface area (Å²) in [5.74, 6) is 0.144. The van der Waals surface area contributed by atoms with Crippen molar-refractivity contribution in [3.8, 4) is 0 Å². The zero-order chi connectivity index (χ0) is 14.1. The molecule has 1 aromatic carbocycles. The molecule has 0 saturated heterocycles. The number of hydrogen-bond donors (Lipinski definition) is 0. The molecule has 3 heteroatoms. The molecule has 0 fully saturated rings. The van der Waals surface area contributed by atoms with Crippen LogP contribution in [0.15, 0.2) is 24.3 Å². The van der Waals surface area contributed by atoms with Crippen molar-refractivity contribution in [3.05, 3.63) is 29.8 Å². The van der Waals surface area contributed by atoms with Crippen molar-refractivity contribution in [2.24, 2.45) is 0 Å². The van der Waals surface area contributed by atoms with Gasteiger partial charge in [0.25, 0.3) is 0 Å². The lowest BCUT2D eigenvalue weighted by Gasteiger charge is -2.23.